The quantitative estimate of drug-likeness (QED) is 0.850. The third-order valence-corrected chi connectivity index (χ3v) is 2.77. The summed E-state index contributed by atoms with van der Waals surface area (Å²) in [4.78, 5) is 11.9. The highest BCUT2D eigenvalue weighted by atomic mass is 19.1. The largest absolute Gasteiger partial charge is 0.384 e. The molecular weight excluding hydrogens is 269 g/mol. The van der Waals surface area contributed by atoms with Crippen molar-refractivity contribution < 1.29 is 14.3 Å². The van der Waals surface area contributed by atoms with Gasteiger partial charge in [0, 0.05) is 11.3 Å². The maximum atomic E-state index is 13.5. The normalized spacial score (nSPS) is 9.62. The topological polar surface area (TPSA) is 49.3 Å². The van der Waals surface area contributed by atoms with Crippen LogP contribution in [-0.2, 0) is 11.2 Å². The molecule has 0 spiro atoms. The second-order valence-corrected chi connectivity index (χ2v) is 4.36. The van der Waals surface area contributed by atoms with Gasteiger partial charge in [-0.1, -0.05) is 36.1 Å². The van der Waals surface area contributed by atoms with E-state index in [1.54, 1.807) is 42.5 Å². The van der Waals surface area contributed by atoms with Crippen LogP contribution in [0.25, 0.3) is 0 Å². The second-order valence-electron chi connectivity index (χ2n) is 4.36. The van der Waals surface area contributed by atoms with Crippen LogP contribution in [0.3, 0.4) is 0 Å². The van der Waals surface area contributed by atoms with Crippen LogP contribution in [-0.4, -0.2) is 17.6 Å². The number of carbonyl (C=O) groups is 1. The number of nitrogens with one attached hydrogen (secondary N) is 1. The molecule has 0 radical (unpaired) electrons. The van der Waals surface area contributed by atoms with Crippen molar-refractivity contribution in [1.82, 2.24) is 0 Å². The van der Waals surface area contributed by atoms with Gasteiger partial charge in [0.05, 0.1) is 6.42 Å². The van der Waals surface area contributed by atoms with Crippen LogP contribution in [0, 0.1) is 17.7 Å². The van der Waals surface area contributed by atoms with Gasteiger partial charge < -0.3 is 10.4 Å². The molecule has 0 saturated heterocycles. The molecule has 0 bridgehead atoms. The maximum absolute atomic E-state index is 13.5. The first kappa shape index (κ1) is 14.8. The van der Waals surface area contributed by atoms with E-state index in [-0.39, 0.29) is 18.9 Å². The van der Waals surface area contributed by atoms with Gasteiger partial charge in [-0.05, 0) is 29.8 Å². The number of halogens is 1. The number of hydrogen-bond donors (Lipinski definition) is 2. The lowest BCUT2D eigenvalue weighted by atomic mass is 10.1. The fraction of sp³-hybridized carbons (Fsp3) is 0.118. The van der Waals surface area contributed by atoms with Crippen molar-refractivity contribution in [2.45, 2.75) is 6.42 Å². The minimum atomic E-state index is -0.393. The molecule has 0 aliphatic rings. The van der Waals surface area contributed by atoms with Gasteiger partial charge in [-0.2, -0.15) is 0 Å². The predicted molar refractivity (Wildman–Crippen MR) is 79.1 cm³/mol. The van der Waals surface area contributed by atoms with Gasteiger partial charge in [0.15, 0.2) is 0 Å². The van der Waals surface area contributed by atoms with Crippen LogP contribution in [0.4, 0.5) is 10.1 Å². The van der Waals surface area contributed by atoms with Crippen molar-refractivity contribution in [1.29, 1.82) is 0 Å². The van der Waals surface area contributed by atoms with Crippen molar-refractivity contribution >= 4 is 11.6 Å². The number of rotatable bonds is 3. The number of benzene rings is 2. The van der Waals surface area contributed by atoms with E-state index in [0.29, 0.717) is 16.8 Å². The number of carbonyl (C=O) groups excluding carboxylic acids is 1. The lowest BCUT2D eigenvalue weighted by molar-refractivity contribution is -0.115. The first-order valence-electron chi connectivity index (χ1n) is 6.42. The van der Waals surface area contributed by atoms with Gasteiger partial charge in [-0.15, -0.1) is 0 Å². The number of anilines is 1. The molecule has 0 unspecified atom stereocenters. The van der Waals surface area contributed by atoms with E-state index >= 15 is 0 Å². The first-order valence-corrected chi connectivity index (χ1v) is 6.42. The van der Waals surface area contributed by atoms with E-state index in [0.717, 1.165) is 0 Å². The lowest BCUT2D eigenvalue weighted by Gasteiger charge is -2.06. The average Bonchev–Trinajstić information content (AvgIpc) is 2.48. The Hall–Kier alpha value is -2.64. The van der Waals surface area contributed by atoms with Crippen molar-refractivity contribution in [2.24, 2.45) is 0 Å². The van der Waals surface area contributed by atoms with Crippen LogP contribution >= 0.6 is 0 Å². The van der Waals surface area contributed by atoms with Crippen molar-refractivity contribution in [2.75, 3.05) is 11.9 Å². The minimum absolute atomic E-state index is 0.0286. The predicted octanol–water partition coefficient (Wildman–Crippen LogP) is 2.35. The number of aliphatic hydroxyl groups excluding tert-OH is 1. The molecule has 21 heavy (non-hydrogen) atoms. The number of amides is 1. The zero-order chi connectivity index (χ0) is 15.1. The Balaban J connectivity index is 2.04. The van der Waals surface area contributed by atoms with Gasteiger partial charge in [0.1, 0.15) is 12.4 Å². The van der Waals surface area contributed by atoms with Crippen LogP contribution in [0.2, 0.25) is 0 Å². The van der Waals surface area contributed by atoms with Gasteiger partial charge in [0.25, 0.3) is 0 Å². The molecule has 0 aliphatic carbocycles. The second kappa shape index (κ2) is 7.22. The molecule has 4 heteroatoms. The molecular formula is C17H14FNO2. The molecule has 0 aliphatic heterocycles. The number of hydrogen-bond acceptors (Lipinski definition) is 2. The maximum Gasteiger partial charge on any atom is 0.228 e. The van der Waals surface area contributed by atoms with Gasteiger partial charge in [0.2, 0.25) is 5.91 Å². The zero-order valence-electron chi connectivity index (χ0n) is 11.3. The smallest absolute Gasteiger partial charge is 0.228 e. The lowest BCUT2D eigenvalue weighted by Crippen LogP contribution is -2.15. The fourth-order valence-corrected chi connectivity index (χ4v) is 1.84. The van der Waals surface area contributed by atoms with Gasteiger partial charge >= 0.3 is 0 Å². The summed E-state index contributed by atoms with van der Waals surface area (Å²) < 4.78 is 13.5. The summed E-state index contributed by atoms with van der Waals surface area (Å²) >= 11 is 0. The van der Waals surface area contributed by atoms with Crippen molar-refractivity contribution in [3.05, 3.63) is 65.5 Å². The highest BCUT2D eigenvalue weighted by molar-refractivity contribution is 5.92. The Morgan fingerprint density at radius 1 is 1.19 bits per heavy atom. The minimum Gasteiger partial charge on any atom is -0.384 e. The Kier molecular flexibility index (Phi) is 5.08. The van der Waals surface area contributed by atoms with E-state index < -0.39 is 5.82 Å². The van der Waals surface area contributed by atoms with Crippen LogP contribution in [0.5, 0.6) is 0 Å². The highest BCUT2D eigenvalue weighted by Crippen LogP contribution is 2.12. The molecule has 106 valence electrons. The molecule has 2 rings (SSSR count). The first-order chi connectivity index (χ1) is 10.2. The van der Waals surface area contributed by atoms with Crippen LogP contribution in [0.1, 0.15) is 11.1 Å². The highest BCUT2D eigenvalue weighted by Gasteiger charge is 2.07. The summed E-state index contributed by atoms with van der Waals surface area (Å²) in [6, 6.07) is 13.1. The van der Waals surface area contributed by atoms with Crippen molar-refractivity contribution in [3.8, 4) is 11.8 Å². The molecule has 0 fully saturated rings. The zero-order valence-corrected chi connectivity index (χ0v) is 11.3. The molecule has 0 atom stereocenters. The summed E-state index contributed by atoms with van der Waals surface area (Å²) in [7, 11) is 0. The van der Waals surface area contributed by atoms with E-state index in [2.05, 4.69) is 17.2 Å². The summed E-state index contributed by atoms with van der Waals surface area (Å²) in [5.74, 6) is 4.60. The van der Waals surface area contributed by atoms with E-state index in [9.17, 15) is 9.18 Å². The Labute approximate surface area is 122 Å². The molecule has 1 amide bonds. The summed E-state index contributed by atoms with van der Waals surface area (Å²) in [5.41, 5.74) is 1.63. The average molecular weight is 283 g/mol. The summed E-state index contributed by atoms with van der Waals surface area (Å²) in [6.45, 7) is -0.218. The SMILES string of the molecule is O=C(Cc1ccccc1F)Nc1cccc(C#CCO)c1. The molecule has 0 saturated carbocycles. The number of aliphatic hydroxyl groups is 1. The fourth-order valence-electron chi connectivity index (χ4n) is 1.84. The Bertz CT molecular complexity index is 701. The molecule has 0 heterocycles. The van der Waals surface area contributed by atoms with Gasteiger partial charge in [-0.3, -0.25) is 4.79 Å². The summed E-state index contributed by atoms with van der Waals surface area (Å²) in [5, 5.41) is 11.4. The Morgan fingerprint density at radius 2 is 2.00 bits per heavy atom. The molecule has 3 nitrogen and oxygen atoms in total. The Morgan fingerprint density at radius 3 is 2.76 bits per heavy atom. The molecule has 2 aromatic rings. The van der Waals surface area contributed by atoms with E-state index in [1.807, 2.05) is 0 Å². The monoisotopic (exact) mass is 283 g/mol. The standard InChI is InChI=1S/C17H14FNO2/c18-16-9-2-1-7-14(16)12-17(21)19-15-8-3-5-13(11-15)6-4-10-20/h1-3,5,7-9,11,20H,10,12H2,(H,19,21). The summed E-state index contributed by atoms with van der Waals surface area (Å²) in [6.07, 6.45) is -0.0286. The van der Waals surface area contributed by atoms with E-state index in [4.69, 9.17) is 5.11 Å². The van der Waals surface area contributed by atoms with Gasteiger partial charge in [-0.25, -0.2) is 4.39 Å². The third kappa shape index (κ3) is 4.44. The molecule has 2 N–H and O–H groups in total. The van der Waals surface area contributed by atoms with E-state index in [1.165, 1.54) is 6.07 Å². The molecule has 2 aromatic carbocycles. The molecule has 0 aromatic heterocycles. The van der Waals surface area contributed by atoms with Crippen molar-refractivity contribution in [3.63, 3.8) is 0 Å². The van der Waals surface area contributed by atoms with Crippen LogP contribution in [0.15, 0.2) is 48.5 Å². The third-order valence-electron chi connectivity index (χ3n) is 2.77. The van der Waals surface area contributed by atoms with Crippen LogP contribution < -0.4 is 5.32 Å².